The fourth-order valence-electron chi connectivity index (χ4n) is 7.07. The predicted molar refractivity (Wildman–Crippen MR) is 184 cm³/mol. The molecular weight excluding hydrogens is 541 g/mol. The molecule has 1 aromatic heterocycles. The molecule has 0 atom stereocenters. The lowest BCUT2D eigenvalue weighted by Gasteiger charge is -2.32. The summed E-state index contributed by atoms with van der Waals surface area (Å²) in [5, 5.41) is 5.53. The maximum atomic E-state index is 6.42. The average molecular weight is 578 g/mol. The molecule has 2 aliphatic rings. The summed E-state index contributed by atoms with van der Waals surface area (Å²) in [7, 11) is -2.30. The molecule has 1 fully saturated rings. The molecule has 5 heteroatoms. The second-order valence-electron chi connectivity index (χ2n) is 13.7. The third-order valence-electron chi connectivity index (χ3n) is 10.2. The molecule has 0 saturated carbocycles. The number of hydrogen-bond donors (Lipinski definition) is 0. The van der Waals surface area contributed by atoms with Gasteiger partial charge in [0.25, 0.3) is 0 Å². The number of aromatic nitrogens is 1. The van der Waals surface area contributed by atoms with Gasteiger partial charge in [-0.2, -0.15) is 0 Å². The smallest absolute Gasteiger partial charge is 0.399 e. The molecule has 0 unspecified atom stereocenters. The highest BCUT2D eigenvalue weighted by Crippen LogP contribution is 2.38. The van der Waals surface area contributed by atoms with E-state index in [1.54, 1.807) is 0 Å². The average Bonchev–Trinajstić information content (AvgIpc) is 3.54. The van der Waals surface area contributed by atoms with Crippen LogP contribution in [0.25, 0.3) is 49.7 Å². The summed E-state index contributed by atoms with van der Waals surface area (Å²) in [6, 6.07) is 40.3. The Labute approximate surface area is 255 Å². The molecule has 0 bridgehead atoms. The van der Waals surface area contributed by atoms with Gasteiger partial charge in [0.1, 0.15) is 8.07 Å². The molecule has 43 heavy (non-hydrogen) atoms. The Kier molecular flexibility index (Phi) is 5.63. The number of nitrogens with zero attached hydrogens (tertiary/aromatic N) is 1. The van der Waals surface area contributed by atoms with Crippen molar-refractivity contribution in [1.29, 1.82) is 0 Å². The first-order valence-electron chi connectivity index (χ1n) is 15.3. The minimum atomic E-state index is -1.95. The van der Waals surface area contributed by atoms with Crippen LogP contribution in [0.15, 0.2) is 109 Å². The van der Waals surface area contributed by atoms with E-state index < -0.39 is 8.07 Å². The van der Waals surface area contributed by atoms with Crippen molar-refractivity contribution < 1.29 is 9.31 Å². The van der Waals surface area contributed by atoms with Crippen molar-refractivity contribution in [2.24, 2.45) is 0 Å². The van der Waals surface area contributed by atoms with Gasteiger partial charge in [0, 0.05) is 16.5 Å². The zero-order chi connectivity index (χ0) is 29.7. The normalized spacial score (nSPS) is 17.9. The summed E-state index contributed by atoms with van der Waals surface area (Å²) in [4.78, 5) is 0. The Morgan fingerprint density at radius 3 is 1.91 bits per heavy atom. The molecule has 1 saturated heterocycles. The van der Waals surface area contributed by atoms with Crippen LogP contribution in [-0.2, 0) is 9.31 Å². The van der Waals surface area contributed by atoms with E-state index in [2.05, 4.69) is 155 Å². The summed E-state index contributed by atoms with van der Waals surface area (Å²) < 4.78 is 15.2. The number of rotatable bonds is 3. The zero-order valence-corrected chi connectivity index (χ0v) is 26.7. The van der Waals surface area contributed by atoms with E-state index in [1.165, 1.54) is 60.1 Å². The molecular formula is C38H36BNO2Si. The minimum Gasteiger partial charge on any atom is -0.399 e. The summed E-state index contributed by atoms with van der Waals surface area (Å²) >= 11 is 0. The van der Waals surface area contributed by atoms with Crippen molar-refractivity contribution in [2.75, 3.05) is 0 Å². The molecule has 0 radical (unpaired) electrons. The first-order valence-corrected chi connectivity index (χ1v) is 18.3. The fourth-order valence-corrected chi connectivity index (χ4v) is 10.2. The number of hydrogen-bond acceptors (Lipinski definition) is 2. The molecule has 212 valence electrons. The maximum Gasteiger partial charge on any atom is 0.494 e. The molecule has 0 amide bonds. The number of benzene rings is 5. The Bertz CT molecular complexity index is 2060. The molecule has 6 aromatic rings. The summed E-state index contributed by atoms with van der Waals surface area (Å²) in [5.41, 5.74) is 9.33. The van der Waals surface area contributed by atoms with Crippen molar-refractivity contribution >= 4 is 52.8 Å². The molecule has 3 nitrogen and oxygen atoms in total. The van der Waals surface area contributed by atoms with Gasteiger partial charge in [-0.15, -0.1) is 0 Å². The van der Waals surface area contributed by atoms with Crippen LogP contribution in [0.3, 0.4) is 0 Å². The molecule has 2 aliphatic heterocycles. The molecule has 0 spiro atoms. The van der Waals surface area contributed by atoms with E-state index in [0.717, 1.165) is 5.46 Å². The van der Waals surface area contributed by atoms with Crippen molar-refractivity contribution in [3.63, 3.8) is 0 Å². The lowest BCUT2D eigenvalue weighted by molar-refractivity contribution is 0.00578. The van der Waals surface area contributed by atoms with Crippen LogP contribution in [0, 0.1) is 0 Å². The molecule has 8 rings (SSSR count). The van der Waals surface area contributed by atoms with Gasteiger partial charge < -0.3 is 13.9 Å². The quantitative estimate of drug-likeness (QED) is 0.203. The highest BCUT2D eigenvalue weighted by atomic mass is 28.3. The second kappa shape index (κ2) is 9.06. The standard InChI is InChI=1S/C38H36BNO2Si/c1-37(2)38(3,4)42-39(41-37)27-18-20-31-30-19-16-26(23-35(30)43(5,6)36(31)24-27)25-17-21-34-32(22-25)29-14-10-11-15-33(29)40(34)28-12-8-7-9-13-28/h7-24H,1-6H3. The second-order valence-corrected chi connectivity index (χ2v) is 18.0. The van der Waals surface area contributed by atoms with Crippen molar-refractivity contribution in [3.05, 3.63) is 109 Å². The highest BCUT2D eigenvalue weighted by Gasteiger charge is 2.52. The Morgan fingerprint density at radius 2 is 1.16 bits per heavy atom. The largest absolute Gasteiger partial charge is 0.494 e. The maximum absolute atomic E-state index is 6.42. The molecule has 3 heterocycles. The van der Waals surface area contributed by atoms with E-state index in [-0.39, 0.29) is 18.3 Å². The Hall–Kier alpha value is -3.90. The third kappa shape index (κ3) is 3.88. The van der Waals surface area contributed by atoms with Gasteiger partial charge >= 0.3 is 7.12 Å². The summed E-state index contributed by atoms with van der Waals surface area (Å²) in [5.74, 6) is 0. The third-order valence-corrected chi connectivity index (χ3v) is 13.8. The van der Waals surface area contributed by atoms with Crippen LogP contribution < -0.4 is 15.8 Å². The van der Waals surface area contributed by atoms with Crippen LogP contribution in [-0.4, -0.2) is 31.0 Å². The molecule has 0 aliphatic carbocycles. The fraction of sp³-hybridized carbons (Fsp3) is 0.211. The van der Waals surface area contributed by atoms with Crippen LogP contribution in [0.4, 0.5) is 0 Å². The Morgan fingerprint density at radius 1 is 0.581 bits per heavy atom. The lowest BCUT2D eigenvalue weighted by atomic mass is 9.78. The summed E-state index contributed by atoms with van der Waals surface area (Å²) in [6.45, 7) is 13.4. The molecule has 5 aromatic carbocycles. The lowest BCUT2D eigenvalue weighted by Crippen LogP contribution is -2.51. The number of fused-ring (bicyclic) bond motifs is 6. The van der Waals surface area contributed by atoms with E-state index >= 15 is 0 Å². The van der Waals surface area contributed by atoms with Gasteiger partial charge in [0.2, 0.25) is 0 Å². The monoisotopic (exact) mass is 577 g/mol. The van der Waals surface area contributed by atoms with Crippen LogP contribution >= 0.6 is 0 Å². The summed E-state index contributed by atoms with van der Waals surface area (Å²) in [6.07, 6.45) is 0. The minimum absolute atomic E-state index is 0.343. The van der Waals surface area contributed by atoms with Crippen LogP contribution in [0.5, 0.6) is 0 Å². The van der Waals surface area contributed by atoms with Crippen molar-refractivity contribution in [1.82, 2.24) is 4.57 Å². The van der Waals surface area contributed by atoms with Crippen LogP contribution in [0.1, 0.15) is 27.7 Å². The van der Waals surface area contributed by atoms with E-state index in [1.807, 2.05) is 0 Å². The van der Waals surface area contributed by atoms with Gasteiger partial charge in [-0.05, 0) is 96.1 Å². The van der Waals surface area contributed by atoms with E-state index in [9.17, 15) is 0 Å². The first-order chi connectivity index (χ1) is 20.5. The van der Waals surface area contributed by atoms with Crippen molar-refractivity contribution in [3.8, 4) is 27.9 Å². The zero-order valence-electron chi connectivity index (χ0n) is 25.7. The topological polar surface area (TPSA) is 23.4 Å². The van der Waals surface area contributed by atoms with E-state index in [0.29, 0.717) is 0 Å². The van der Waals surface area contributed by atoms with Gasteiger partial charge in [-0.25, -0.2) is 0 Å². The highest BCUT2D eigenvalue weighted by molar-refractivity contribution is 7.04. The molecule has 0 N–H and O–H groups in total. The Balaban J connectivity index is 1.21. The predicted octanol–water partition coefficient (Wildman–Crippen LogP) is 7.55. The van der Waals surface area contributed by atoms with Gasteiger partial charge in [0.15, 0.2) is 0 Å². The first kappa shape index (κ1) is 26.7. The van der Waals surface area contributed by atoms with Gasteiger partial charge in [0.05, 0.1) is 22.2 Å². The van der Waals surface area contributed by atoms with E-state index in [4.69, 9.17) is 9.31 Å². The SMILES string of the molecule is CC1(C)OB(c2ccc3c(c2)[Si](C)(C)c2cc(-c4ccc5c(c4)c4ccccc4n5-c4ccccc4)ccc2-3)OC1(C)C. The number of para-hydroxylation sites is 2. The van der Waals surface area contributed by atoms with Crippen LogP contribution in [0.2, 0.25) is 13.1 Å². The van der Waals surface area contributed by atoms with Gasteiger partial charge in [-0.1, -0.05) is 92.0 Å². The van der Waals surface area contributed by atoms with Gasteiger partial charge in [-0.3, -0.25) is 0 Å². The van der Waals surface area contributed by atoms with Crippen molar-refractivity contribution in [2.45, 2.75) is 52.0 Å².